The first-order valence-electron chi connectivity index (χ1n) is 7.44. The zero-order chi connectivity index (χ0) is 18.2. The topological polar surface area (TPSA) is 72.9 Å². The van der Waals surface area contributed by atoms with Gasteiger partial charge in [-0.05, 0) is 31.2 Å². The lowest BCUT2D eigenvalue weighted by atomic mass is 10.3. The Labute approximate surface area is 153 Å². The number of anilines is 1. The third kappa shape index (κ3) is 5.58. The summed E-state index contributed by atoms with van der Waals surface area (Å²) in [7, 11) is 0. The molecule has 0 aliphatic rings. The zero-order valence-electron chi connectivity index (χ0n) is 13.4. The number of amides is 1. The summed E-state index contributed by atoms with van der Waals surface area (Å²) < 4.78 is 10.4. The van der Waals surface area contributed by atoms with Gasteiger partial charge in [-0.1, -0.05) is 29.8 Å². The smallest absolute Gasteiger partial charge is 0.348 e. The first-order valence-corrected chi connectivity index (χ1v) is 8.64. The average molecular weight is 382 g/mol. The van der Waals surface area contributed by atoms with Crippen molar-refractivity contribution in [1.29, 1.82) is 0 Å². The summed E-state index contributed by atoms with van der Waals surface area (Å²) in [4.78, 5) is 37.6. The van der Waals surface area contributed by atoms with Gasteiger partial charge < -0.3 is 9.47 Å². The molecule has 0 saturated carbocycles. The Morgan fingerprint density at radius 2 is 1.80 bits per heavy atom. The van der Waals surface area contributed by atoms with E-state index in [-0.39, 0.29) is 13.2 Å². The number of hydrogen-bond acceptors (Lipinski definition) is 6. The van der Waals surface area contributed by atoms with E-state index in [9.17, 15) is 14.4 Å². The minimum atomic E-state index is -0.644. The summed E-state index contributed by atoms with van der Waals surface area (Å²) in [5, 5.41) is 0. The predicted molar refractivity (Wildman–Crippen MR) is 95.0 cm³/mol. The monoisotopic (exact) mass is 381 g/mol. The highest BCUT2D eigenvalue weighted by Gasteiger charge is 2.22. The molecule has 0 fully saturated rings. The number of para-hydroxylation sites is 1. The Kier molecular flexibility index (Phi) is 6.97. The molecule has 0 N–H and O–H groups in total. The fraction of sp³-hybridized carbons (Fsp3) is 0.235. The lowest BCUT2D eigenvalue weighted by Gasteiger charge is -2.21. The van der Waals surface area contributed by atoms with E-state index in [1.54, 1.807) is 43.3 Å². The van der Waals surface area contributed by atoms with E-state index in [1.807, 2.05) is 0 Å². The molecule has 0 atom stereocenters. The zero-order valence-corrected chi connectivity index (χ0v) is 15.0. The molecule has 0 spiro atoms. The van der Waals surface area contributed by atoms with Crippen molar-refractivity contribution >= 4 is 46.5 Å². The quantitative estimate of drug-likeness (QED) is 0.689. The number of ether oxygens (including phenoxy) is 2. The number of benzene rings is 1. The maximum absolute atomic E-state index is 12.4. The number of esters is 2. The van der Waals surface area contributed by atoms with Crippen LogP contribution >= 0.6 is 22.9 Å². The van der Waals surface area contributed by atoms with Crippen molar-refractivity contribution in [2.24, 2.45) is 0 Å². The van der Waals surface area contributed by atoms with Crippen LogP contribution in [0.25, 0.3) is 0 Å². The summed E-state index contributed by atoms with van der Waals surface area (Å²) in [5.41, 5.74) is 0.510. The van der Waals surface area contributed by atoms with Crippen LogP contribution in [0.15, 0.2) is 42.5 Å². The molecule has 8 heteroatoms. The number of rotatable bonds is 7. The molecule has 1 aromatic heterocycles. The highest BCUT2D eigenvalue weighted by atomic mass is 35.5. The highest BCUT2D eigenvalue weighted by molar-refractivity contribution is 7.17. The Bertz CT molecular complexity index is 747. The standard InChI is InChI=1S/C17H16ClNO5S/c1-2-23-16(21)10-19(12-6-4-3-5-7-12)15(20)11-24-17(22)13-8-9-14(18)25-13/h3-9H,2,10-11H2,1H3. The van der Waals surface area contributed by atoms with Gasteiger partial charge in [-0.3, -0.25) is 14.5 Å². The van der Waals surface area contributed by atoms with Crippen molar-refractivity contribution < 1.29 is 23.9 Å². The van der Waals surface area contributed by atoms with Gasteiger partial charge in [-0.2, -0.15) is 0 Å². The second kappa shape index (κ2) is 9.19. The normalized spacial score (nSPS) is 10.2. The van der Waals surface area contributed by atoms with E-state index in [4.69, 9.17) is 21.1 Å². The summed E-state index contributed by atoms with van der Waals surface area (Å²) in [6.07, 6.45) is 0. The predicted octanol–water partition coefficient (Wildman–Crippen LogP) is 3.15. The number of nitrogens with zero attached hydrogens (tertiary/aromatic N) is 1. The van der Waals surface area contributed by atoms with Crippen LogP contribution in [0.3, 0.4) is 0 Å². The lowest BCUT2D eigenvalue weighted by molar-refractivity contribution is -0.142. The van der Waals surface area contributed by atoms with Gasteiger partial charge >= 0.3 is 11.9 Å². The SMILES string of the molecule is CCOC(=O)CN(C(=O)COC(=O)c1ccc(Cl)s1)c1ccccc1. The van der Waals surface area contributed by atoms with Gasteiger partial charge in [-0.15, -0.1) is 11.3 Å². The van der Waals surface area contributed by atoms with Gasteiger partial charge in [-0.25, -0.2) is 4.79 Å². The van der Waals surface area contributed by atoms with E-state index < -0.39 is 24.5 Å². The summed E-state index contributed by atoms with van der Waals surface area (Å²) in [5.74, 6) is -1.72. The van der Waals surface area contributed by atoms with Gasteiger partial charge in [0.1, 0.15) is 11.4 Å². The molecular weight excluding hydrogens is 366 g/mol. The lowest BCUT2D eigenvalue weighted by Crippen LogP contribution is -2.39. The van der Waals surface area contributed by atoms with Crippen LogP contribution < -0.4 is 4.90 Å². The van der Waals surface area contributed by atoms with Crippen LogP contribution in [0, 0.1) is 0 Å². The third-order valence-electron chi connectivity index (χ3n) is 3.06. The largest absolute Gasteiger partial charge is 0.465 e. The Morgan fingerprint density at radius 3 is 2.40 bits per heavy atom. The van der Waals surface area contributed by atoms with Crippen LogP contribution in [0.5, 0.6) is 0 Å². The molecule has 0 saturated heterocycles. The van der Waals surface area contributed by atoms with Crippen LogP contribution in [-0.2, 0) is 19.1 Å². The Morgan fingerprint density at radius 1 is 1.08 bits per heavy atom. The Hall–Kier alpha value is -2.38. The van der Waals surface area contributed by atoms with Crippen molar-refractivity contribution in [2.45, 2.75) is 6.92 Å². The molecular formula is C17H16ClNO5S. The van der Waals surface area contributed by atoms with Crippen LogP contribution in [0.4, 0.5) is 5.69 Å². The van der Waals surface area contributed by atoms with Gasteiger partial charge in [0.25, 0.3) is 5.91 Å². The minimum absolute atomic E-state index is 0.212. The fourth-order valence-corrected chi connectivity index (χ4v) is 2.90. The Balaban J connectivity index is 2.04. The average Bonchev–Trinajstić information content (AvgIpc) is 3.05. The first kappa shape index (κ1) is 19.0. The summed E-state index contributed by atoms with van der Waals surface area (Å²) in [6.45, 7) is 1.13. The third-order valence-corrected chi connectivity index (χ3v) is 4.27. The van der Waals surface area contributed by atoms with Crippen molar-refractivity contribution in [1.82, 2.24) is 0 Å². The van der Waals surface area contributed by atoms with Crippen molar-refractivity contribution in [3.05, 3.63) is 51.7 Å². The van der Waals surface area contributed by atoms with Gasteiger partial charge in [0, 0.05) is 5.69 Å². The van der Waals surface area contributed by atoms with Crippen molar-refractivity contribution in [3.8, 4) is 0 Å². The van der Waals surface area contributed by atoms with Crippen molar-refractivity contribution in [2.75, 3.05) is 24.7 Å². The second-order valence-corrected chi connectivity index (χ2v) is 6.52. The second-order valence-electron chi connectivity index (χ2n) is 4.80. The van der Waals surface area contributed by atoms with Crippen molar-refractivity contribution in [3.63, 3.8) is 0 Å². The summed E-state index contributed by atoms with van der Waals surface area (Å²) >= 11 is 6.83. The van der Waals surface area contributed by atoms with Gasteiger partial charge in [0.05, 0.1) is 10.9 Å². The number of thiophene rings is 1. The molecule has 132 valence electrons. The molecule has 2 aromatic rings. The molecule has 1 heterocycles. The molecule has 0 aliphatic carbocycles. The molecule has 1 amide bonds. The number of carbonyl (C=O) groups excluding carboxylic acids is 3. The summed E-state index contributed by atoms with van der Waals surface area (Å²) in [6, 6.07) is 11.7. The molecule has 1 aromatic carbocycles. The highest BCUT2D eigenvalue weighted by Crippen LogP contribution is 2.22. The van der Waals surface area contributed by atoms with E-state index in [1.165, 1.54) is 11.0 Å². The maximum Gasteiger partial charge on any atom is 0.348 e. The maximum atomic E-state index is 12.4. The number of carbonyl (C=O) groups is 3. The van der Waals surface area contributed by atoms with E-state index in [0.29, 0.717) is 14.9 Å². The first-order chi connectivity index (χ1) is 12.0. The molecule has 2 rings (SSSR count). The van der Waals surface area contributed by atoms with E-state index >= 15 is 0 Å². The fourth-order valence-electron chi connectivity index (χ4n) is 1.97. The molecule has 0 radical (unpaired) electrons. The molecule has 0 bridgehead atoms. The number of halogens is 1. The number of hydrogen-bond donors (Lipinski definition) is 0. The van der Waals surface area contributed by atoms with Crippen LogP contribution in [-0.4, -0.2) is 37.6 Å². The molecule has 6 nitrogen and oxygen atoms in total. The molecule has 25 heavy (non-hydrogen) atoms. The molecule has 0 aliphatic heterocycles. The van der Waals surface area contributed by atoms with Crippen LogP contribution in [0.2, 0.25) is 4.34 Å². The van der Waals surface area contributed by atoms with Crippen LogP contribution in [0.1, 0.15) is 16.6 Å². The van der Waals surface area contributed by atoms with Gasteiger partial charge in [0.2, 0.25) is 0 Å². The van der Waals surface area contributed by atoms with Gasteiger partial charge in [0.15, 0.2) is 6.61 Å². The minimum Gasteiger partial charge on any atom is -0.465 e. The molecule has 0 unspecified atom stereocenters. The van der Waals surface area contributed by atoms with E-state index in [0.717, 1.165) is 11.3 Å². The van der Waals surface area contributed by atoms with E-state index in [2.05, 4.69) is 0 Å².